The minimum Gasteiger partial charge on any atom is -0.379 e. The minimum absolute atomic E-state index is 0.877. The molecule has 4 nitrogen and oxygen atoms in total. The Hall–Kier alpha value is -0.650. The van der Waals surface area contributed by atoms with Gasteiger partial charge in [0.25, 0.3) is 0 Å². The highest BCUT2D eigenvalue weighted by molar-refractivity contribution is 9.10. The molecule has 2 heterocycles. The van der Waals surface area contributed by atoms with Crippen molar-refractivity contribution in [3.8, 4) is 0 Å². The number of hydrogen-bond donors (Lipinski definition) is 1. The standard InChI is InChI=1S/C12H18BrN3O/c13-11-2-3-12(15-10-11)14-4-1-5-16-6-8-17-9-7-16/h2-3,10H,1,4-9H2,(H,14,15). The van der Waals surface area contributed by atoms with Gasteiger partial charge in [-0.15, -0.1) is 0 Å². The number of halogens is 1. The van der Waals surface area contributed by atoms with Crippen LogP contribution in [0.25, 0.3) is 0 Å². The van der Waals surface area contributed by atoms with E-state index >= 15 is 0 Å². The fraction of sp³-hybridized carbons (Fsp3) is 0.583. The van der Waals surface area contributed by atoms with Crippen molar-refractivity contribution in [2.75, 3.05) is 44.7 Å². The fourth-order valence-corrected chi connectivity index (χ4v) is 2.06. The van der Waals surface area contributed by atoms with E-state index in [0.717, 1.165) is 56.1 Å². The van der Waals surface area contributed by atoms with E-state index in [1.807, 2.05) is 18.3 Å². The number of nitrogens with zero attached hydrogens (tertiary/aromatic N) is 2. The summed E-state index contributed by atoms with van der Waals surface area (Å²) in [5.41, 5.74) is 0. The topological polar surface area (TPSA) is 37.4 Å². The molecular weight excluding hydrogens is 282 g/mol. The van der Waals surface area contributed by atoms with Crippen LogP contribution in [-0.4, -0.2) is 49.3 Å². The maximum Gasteiger partial charge on any atom is 0.125 e. The second-order valence-corrected chi connectivity index (χ2v) is 5.01. The summed E-state index contributed by atoms with van der Waals surface area (Å²) in [6.07, 6.45) is 2.95. The average molecular weight is 300 g/mol. The summed E-state index contributed by atoms with van der Waals surface area (Å²) >= 11 is 3.37. The van der Waals surface area contributed by atoms with Crippen LogP contribution in [0.5, 0.6) is 0 Å². The van der Waals surface area contributed by atoms with Crippen molar-refractivity contribution in [3.05, 3.63) is 22.8 Å². The summed E-state index contributed by atoms with van der Waals surface area (Å²) in [4.78, 5) is 6.72. The third-order valence-corrected chi connectivity index (χ3v) is 3.26. The first-order chi connectivity index (χ1) is 8.34. The Kier molecular flexibility index (Phi) is 5.22. The summed E-state index contributed by atoms with van der Waals surface area (Å²) in [7, 11) is 0. The predicted octanol–water partition coefficient (Wildman–Crippen LogP) is 1.98. The van der Waals surface area contributed by atoms with E-state index in [0.29, 0.717) is 0 Å². The molecule has 0 aliphatic carbocycles. The van der Waals surface area contributed by atoms with Crippen molar-refractivity contribution in [1.29, 1.82) is 0 Å². The largest absolute Gasteiger partial charge is 0.379 e. The Morgan fingerprint density at radius 2 is 2.18 bits per heavy atom. The minimum atomic E-state index is 0.877. The van der Waals surface area contributed by atoms with Gasteiger partial charge in [0, 0.05) is 30.3 Å². The number of nitrogens with one attached hydrogen (secondary N) is 1. The Morgan fingerprint density at radius 3 is 2.88 bits per heavy atom. The molecule has 0 spiro atoms. The van der Waals surface area contributed by atoms with Crippen molar-refractivity contribution < 1.29 is 4.74 Å². The van der Waals surface area contributed by atoms with Gasteiger partial charge >= 0.3 is 0 Å². The number of aromatic nitrogens is 1. The molecule has 1 aromatic rings. The number of anilines is 1. The first-order valence-corrected chi connectivity index (χ1v) is 6.79. The highest BCUT2D eigenvalue weighted by Gasteiger charge is 2.08. The molecule has 1 aliphatic rings. The molecule has 1 N–H and O–H groups in total. The normalized spacial score (nSPS) is 17.0. The third-order valence-electron chi connectivity index (χ3n) is 2.79. The number of ether oxygens (including phenoxy) is 1. The zero-order chi connectivity index (χ0) is 11.9. The highest BCUT2D eigenvalue weighted by Crippen LogP contribution is 2.10. The molecule has 0 aromatic carbocycles. The van der Waals surface area contributed by atoms with E-state index in [1.54, 1.807) is 0 Å². The smallest absolute Gasteiger partial charge is 0.125 e. The number of hydrogen-bond acceptors (Lipinski definition) is 4. The molecule has 94 valence electrons. The zero-order valence-electron chi connectivity index (χ0n) is 9.86. The Balaban J connectivity index is 1.60. The van der Waals surface area contributed by atoms with Gasteiger partial charge in [-0.1, -0.05) is 0 Å². The first-order valence-electron chi connectivity index (χ1n) is 6.00. The molecule has 2 rings (SSSR count). The first kappa shape index (κ1) is 12.8. The van der Waals surface area contributed by atoms with Crippen molar-refractivity contribution in [1.82, 2.24) is 9.88 Å². The summed E-state index contributed by atoms with van der Waals surface area (Å²) in [6, 6.07) is 3.98. The van der Waals surface area contributed by atoms with Crippen LogP contribution in [0.3, 0.4) is 0 Å². The SMILES string of the molecule is Brc1ccc(NCCCN2CCOCC2)nc1. The average Bonchev–Trinajstić information content (AvgIpc) is 2.38. The van der Waals surface area contributed by atoms with E-state index in [9.17, 15) is 0 Å². The van der Waals surface area contributed by atoms with Gasteiger partial charge < -0.3 is 10.1 Å². The molecule has 0 saturated carbocycles. The van der Waals surface area contributed by atoms with Gasteiger partial charge in [-0.2, -0.15) is 0 Å². The molecule has 1 saturated heterocycles. The van der Waals surface area contributed by atoms with Crippen molar-refractivity contribution in [2.45, 2.75) is 6.42 Å². The van der Waals surface area contributed by atoms with Crippen LogP contribution in [-0.2, 0) is 4.74 Å². The molecule has 1 fully saturated rings. The molecule has 0 amide bonds. The zero-order valence-corrected chi connectivity index (χ0v) is 11.4. The quantitative estimate of drug-likeness (QED) is 0.844. The Morgan fingerprint density at radius 1 is 1.35 bits per heavy atom. The molecule has 0 bridgehead atoms. The molecule has 5 heteroatoms. The maximum atomic E-state index is 5.31. The number of pyridine rings is 1. The van der Waals surface area contributed by atoms with Crippen LogP contribution in [0.15, 0.2) is 22.8 Å². The van der Waals surface area contributed by atoms with Crippen LogP contribution >= 0.6 is 15.9 Å². The van der Waals surface area contributed by atoms with Gasteiger partial charge in [0.15, 0.2) is 0 Å². The number of morpholine rings is 1. The van der Waals surface area contributed by atoms with Gasteiger partial charge in [-0.25, -0.2) is 4.98 Å². The molecule has 0 atom stereocenters. The van der Waals surface area contributed by atoms with Gasteiger partial charge in [0.1, 0.15) is 5.82 Å². The van der Waals surface area contributed by atoms with Crippen LogP contribution in [0.2, 0.25) is 0 Å². The van der Waals surface area contributed by atoms with E-state index in [-0.39, 0.29) is 0 Å². The third kappa shape index (κ3) is 4.61. The Labute approximate surface area is 110 Å². The molecule has 17 heavy (non-hydrogen) atoms. The molecule has 1 aromatic heterocycles. The highest BCUT2D eigenvalue weighted by atomic mass is 79.9. The van der Waals surface area contributed by atoms with E-state index in [2.05, 4.69) is 31.1 Å². The summed E-state index contributed by atoms with van der Waals surface area (Å²) in [5.74, 6) is 0.940. The van der Waals surface area contributed by atoms with Crippen molar-refractivity contribution in [2.24, 2.45) is 0 Å². The lowest BCUT2D eigenvalue weighted by atomic mass is 10.3. The van der Waals surface area contributed by atoms with Crippen molar-refractivity contribution >= 4 is 21.7 Å². The molecule has 0 unspecified atom stereocenters. The van der Waals surface area contributed by atoms with E-state index in [4.69, 9.17) is 4.74 Å². The van der Waals surface area contributed by atoms with Gasteiger partial charge in [-0.05, 0) is 41.0 Å². The molecular formula is C12H18BrN3O. The predicted molar refractivity (Wildman–Crippen MR) is 72.3 cm³/mol. The lowest BCUT2D eigenvalue weighted by Gasteiger charge is -2.26. The van der Waals surface area contributed by atoms with Gasteiger partial charge in [0.05, 0.1) is 13.2 Å². The Bertz CT molecular complexity index is 325. The summed E-state index contributed by atoms with van der Waals surface area (Å²) < 4.78 is 6.33. The van der Waals surface area contributed by atoms with Crippen molar-refractivity contribution in [3.63, 3.8) is 0 Å². The number of rotatable bonds is 5. The lowest BCUT2D eigenvalue weighted by Crippen LogP contribution is -2.37. The lowest BCUT2D eigenvalue weighted by molar-refractivity contribution is 0.0378. The summed E-state index contributed by atoms with van der Waals surface area (Å²) in [5, 5.41) is 3.32. The molecule has 1 aliphatic heterocycles. The van der Waals surface area contributed by atoms with Gasteiger partial charge in [0.2, 0.25) is 0 Å². The monoisotopic (exact) mass is 299 g/mol. The van der Waals surface area contributed by atoms with Crippen LogP contribution in [0.1, 0.15) is 6.42 Å². The van der Waals surface area contributed by atoms with E-state index in [1.165, 1.54) is 0 Å². The van der Waals surface area contributed by atoms with Crippen LogP contribution in [0, 0.1) is 0 Å². The summed E-state index contributed by atoms with van der Waals surface area (Å²) in [6.45, 7) is 5.98. The second-order valence-electron chi connectivity index (χ2n) is 4.10. The second kappa shape index (κ2) is 6.93. The maximum absolute atomic E-state index is 5.31. The fourth-order valence-electron chi connectivity index (χ4n) is 1.82. The van der Waals surface area contributed by atoms with E-state index < -0.39 is 0 Å². The van der Waals surface area contributed by atoms with Crippen LogP contribution < -0.4 is 5.32 Å². The molecule has 0 radical (unpaired) electrons. The van der Waals surface area contributed by atoms with Gasteiger partial charge in [-0.3, -0.25) is 4.90 Å². The van der Waals surface area contributed by atoms with Crippen LogP contribution in [0.4, 0.5) is 5.82 Å².